The third kappa shape index (κ3) is 1.53. The van der Waals surface area contributed by atoms with Crippen molar-refractivity contribution >= 4 is 5.97 Å². The standard InChI is InChI=1S/C15H12O2/c1-17-15(16)11-6-7-14-12(9-11)8-10-4-2-3-5-13(10)14/h2-7,9H,8H2,1H3. The maximum absolute atomic E-state index is 11.5. The van der Waals surface area contributed by atoms with Crippen molar-refractivity contribution in [2.45, 2.75) is 6.42 Å². The largest absolute Gasteiger partial charge is 0.465 e. The van der Waals surface area contributed by atoms with Crippen LogP contribution >= 0.6 is 0 Å². The molecule has 0 N–H and O–H groups in total. The summed E-state index contributed by atoms with van der Waals surface area (Å²) in [7, 11) is 1.41. The minimum atomic E-state index is -0.274. The predicted molar refractivity (Wildman–Crippen MR) is 66.0 cm³/mol. The van der Waals surface area contributed by atoms with Crippen LogP contribution in [0.15, 0.2) is 42.5 Å². The van der Waals surface area contributed by atoms with Crippen LogP contribution in [0.2, 0.25) is 0 Å². The van der Waals surface area contributed by atoms with Crippen molar-refractivity contribution in [3.8, 4) is 11.1 Å². The average molecular weight is 224 g/mol. The van der Waals surface area contributed by atoms with Crippen molar-refractivity contribution in [2.75, 3.05) is 7.11 Å². The van der Waals surface area contributed by atoms with Crippen LogP contribution in [0.4, 0.5) is 0 Å². The molecule has 2 heteroatoms. The Bertz CT molecular complexity index is 600. The number of carbonyl (C=O) groups excluding carboxylic acids is 1. The second-order valence-corrected chi connectivity index (χ2v) is 4.20. The molecule has 2 nitrogen and oxygen atoms in total. The van der Waals surface area contributed by atoms with Crippen molar-refractivity contribution in [1.82, 2.24) is 0 Å². The number of methoxy groups -OCH3 is 1. The Morgan fingerprint density at radius 3 is 2.65 bits per heavy atom. The third-order valence-corrected chi connectivity index (χ3v) is 3.21. The number of hydrogen-bond acceptors (Lipinski definition) is 2. The molecule has 0 spiro atoms. The Morgan fingerprint density at radius 1 is 1.06 bits per heavy atom. The van der Waals surface area contributed by atoms with E-state index in [1.807, 2.05) is 30.3 Å². The summed E-state index contributed by atoms with van der Waals surface area (Å²) in [6.07, 6.45) is 0.899. The van der Waals surface area contributed by atoms with E-state index in [1.54, 1.807) is 0 Å². The van der Waals surface area contributed by atoms with Crippen LogP contribution in [0.25, 0.3) is 11.1 Å². The monoisotopic (exact) mass is 224 g/mol. The number of benzene rings is 2. The minimum Gasteiger partial charge on any atom is -0.465 e. The average Bonchev–Trinajstić information content (AvgIpc) is 2.75. The maximum atomic E-state index is 11.5. The fourth-order valence-corrected chi connectivity index (χ4v) is 2.39. The molecule has 0 aromatic heterocycles. The Kier molecular flexibility index (Phi) is 2.22. The van der Waals surface area contributed by atoms with E-state index >= 15 is 0 Å². The molecule has 0 bridgehead atoms. The highest BCUT2D eigenvalue weighted by Crippen LogP contribution is 2.36. The lowest BCUT2D eigenvalue weighted by Crippen LogP contribution is -2.01. The van der Waals surface area contributed by atoms with Gasteiger partial charge in [0.15, 0.2) is 0 Å². The van der Waals surface area contributed by atoms with Gasteiger partial charge in [-0.3, -0.25) is 0 Å². The van der Waals surface area contributed by atoms with Gasteiger partial charge in [0, 0.05) is 0 Å². The van der Waals surface area contributed by atoms with Crippen molar-refractivity contribution in [3.63, 3.8) is 0 Å². The second-order valence-electron chi connectivity index (χ2n) is 4.20. The lowest BCUT2D eigenvalue weighted by molar-refractivity contribution is 0.0600. The summed E-state index contributed by atoms with van der Waals surface area (Å²) < 4.78 is 4.73. The van der Waals surface area contributed by atoms with Crippen molar-refractivity contribution < 1.29 is 9.53 Å². The fourth-order valence-electron chi connectivity index (χ4n) is 2.39. The van der Waals surface area contributed by atoms with E-state index in [0.29, 0.717) is 5.56 Å². The molecule has 0 atom stereocenters. The number of fused-ring (bicyclic) bond motifs is 3. The van der Waals surface area contributed by atoms with Crippen LogP contribution in [0.3, 0.4) is 0 Å². The quantitative estimate of drug-likeness (QED) is 0.594. The van der Waals surface area contributed by atoms with Gasteiger partial charge in [-0.15, -0.1) is 0 Å². The van der Waals surface area contributed by atoms with Gasteiger partial charge in [-0.1, -0.05) is 30.3 Å². The van der Waals surface area contributed by atoms with Gasteiger partial charge in [-0.2, -0.15) is 0 Å². The number of hydrogen-bond donors (Lipinski definition) is 0. The molecule has 2 aromatic rings. The van der Waals surface area contributed by atoms with Gasteiger partial charge in [0.05, 0.1) is 12.7 Å². The first-order chi connectivity index (χ1) is 8.29. The molecule has 3 rings (SSSR count). The molecule has 1 aliphatic carbocycles. The molecular formula is C15H12O2. The molecule has 0 fully saturated rings. The summed E-state index contributed by atoms with van der Waals surface area (Å²) in [6, 6.07) is 14.1. The van der Waals surface area contributed by atoms with Crippen molar-refractivity contribution in [1.29, 1.82) is 0 Å². The van der Waals surface area contributed by atoms with Gasteiger partial charge < -0.3 is 4.74 Å². The molecule has 0 aliphatic heterocycles. The van der Waals surface area contributed by atoms with Crippen LogP contribution in [-0.2, 0) is 11.2 Å². The first-order valence-corrected chi connectivity index (χ1v) is 5.59. The van der Waals surface area contributed by atoms with Gasteiger partial charge in [0.25, 0.3) is 0 Å². The zero-order valence-electron chi connectivity index (χ0n) is 9.57. The van der Waals surface area contributed by atoms with E-state index in [-0.39, 0.29) is 5.97 Å². The SMILES string of the molecule is COC(=O)c1ccc2c(c1)Cc1ccccc1-2. The van der Waals surface area contributed by atoms with Crippen LogP contribution in [-0.4, -0.2) is 13.1 Å². The molecule has 0 amide bonds. The van der Waals surface area contributed by atoms with E-state index in [2.05, 4.69) is 12.1 Å². The predicted octanol–water partition coefficient (Wildman–Crippen LogP) is 3.04. The molecule has 0 heterocycles. The highest BCUT2D eigenvalue weighted by molar-refractivity contribution is 5.91. The van der Waals surface area contributed by atoms with Crippen LogP contribution in [0.5, 0.6) is 0 Å². The maximum Gasteiger partial charge on any atom is 0.337 e. The summed E-state index contributed by atoms with van der Waals surface area (Å²) in [4.78, 5) is 11.5. The topological polar surface area (TPSA) is 26.3 Å². The Hall–Kier alpha value is -2.09. The van der Waals surface area contributed by atoms with Gasteiger partial charge in [-0.25, -0.2) is 4.79 Å². The summed E-state index contributed by atoms with van der Waals surface area (Å²) in [6.45, 7) is 0. The van der Waals surface area contributed by atoms with Gasteiger partial charge in [0.1, 0.15) is 0 Å². The van der Waals surface area contributed by atoms with E-state index in [9.17, 15) is 4.79 Å². The zero-order chi connectivity index (χ0) is 11.8. The molecule has 0 saturated carbocycles. The highest BCUT2D eigenvalue weighted by atomic mass is 16.5. The molecule has 17 heavy (non-hydrogen) atoms. The van der Waals surface area contributed by atoms with Crippen molar-refractivity contribution in [2.24, 2.45) is 0 Å². The van der Waals surface area contributed by atoms with E-state index in [0.717, 1.165) is 6.42 Å². The molecule has 2 aromatic carbocycles. The van der Waals surface area contributed by atoms with Gasteiger partial charge in [-0.05, 0) is 40.8 Å². The first kappa shape index (κ1) is 10.1. The summed E-state index contributed by atoms with van der Waals surface area (Å²) in [5.41, 5.74) is 5.66. The Balaban J connectivity index is 2.10. The first-order valence-electron chi connectivity index (χ1n) is 5.59. The fraction of sp³-hybridized carbons (Fsp3) is 0.133. The second kappa shape index (κ2) is 3.74. The molecule has 0 radical (unpaired) electrons. The smallest absolute Gasteiger partial charge is 0.337 e. The van der Waals surface area contributed by atoms with Gasteiger partial charge in [0.2, 0.25) is 0 Å². The number of esters is 1. The molecular weight excluding hydrogens is 212 g/mol. The summed E-state index contributed by atoms with van der Waals surface area (Å²) in [5, 5.41) is 0. The molecule has 0 unspecified atom stereocenters. The number of rotatable bonds is 1. The third-order valence-electron chi connectivity index (χ3n) is 3.21. The Morgan fingerprint density at radius 2 is 1.82 bits per heavy atom. The zero-order valence-corrected chi connectivity index (χ0v) is 9.57. The van der Waals surface area contributed by atoms with Crippen LogP contribution in [0.1, 0.15) is 21.5 Å². The van der Waals surface area contributed by atoms with E-state index in [4.69, 9.17) is 4.74 Å². The normalized spacial score (nSPS) is 11.8. The Labute approximate surface area is 99.9 Å². The number of carbonyl (C=O) groups is 1. The molecule has 1 aliphatic rings. The minimum absolute atomic E-state index is 0.274. The number of ether oxygens (including phenoxy) is 1. The van der Waals surface area contributed by atoms with Crippen molar-refractivity contribution in [3.05, 3.63) is 59.2 Å². The van der Waals surface area contributed by atoms with E-state index in [1.165, 1.54) is 29.4 Å². The van der Waals surface area contributed by atoms with Crippen LogP contribution < -0.4 is 0 Å². The molecule has 0 saturated heterocycles. The lowest BCUT2D eigenvalue weighted by Gasteiger charge is -2.03. The molecule has 84 valence electrons. The van der Waals surface area contributed by atoms with Gasteiger partial charge >= 0.3 is 5.97 Å². The van der Waals surface area contributed by atoms with E-state index < -0.39 is 0 Å². The van der Waals surface area contributed by atoms with Crippen LogP contribution in [0, 0.1) is 0 Å². The lowest BCUT2D eigenvalue weighted by atomic mass is 10.0. The summed E-state index contributed by atoms with van der Waals surface area (Å²) >= 11 is 0. The summed E-state index contributed by atoms with van der Waals surface area (Å²) in [5.74, 6) is -0.274. The highest BCUT2D eigenvalue weighted by Gasteiger charge is 2.19.